The molecule has 3 rings (SSSR count). The van der Waals surface area contributed by atoms with Gasteiger partial charge in [0.2, 0.25) is 0 Å². The Balaban J connectivity index is 1.56. The molecule has 2 aromatic rings. The number of benzene rings is 2. The fourth-order valence-electron chi connectivity index (χ4n) is 3.24. The molecule has 1 atom stereocenters. The summed E-state index contributed by atoms with van der Waals surface area (Å²) in [5.41, 5.74) is 0.763. The van der Waals surface area contributed by atoms with Gasteiger partial charge in [0.25, 0.3) is 5.91 Å². The van der Waals surface area contributed by atoms with E-state index in [0.29, 0.717) is 0 Å². The maximum absolute atomic E-state index is 12.6. The van der Waals surface area contributed by atoms with Crippen LogP contribution in [0.3, 0.4) is 0 Å². The van der Waals surface area contributed by atoms with Crippen molar-refractivity contribution >= 4 is 16.7 Å². The molecular formula is C20H27N3O. The highest BCUT2D eigenvalue weighted by Crippen LogP contribution is 2.18. The monoisotopic (exact) mass is 325 g/mol. The summed E-state index contributed by atoms with van der Waals surface area (Å²) < 4.78 is 0. The van der Waals surface area contributed by atoms with Crippen LogP contribution in [-0.4, -0.2) is 61.5 Å². The van der Waals surface area contributed by atoms with Gasteiger partial charge < -0.3 is 15.1 Å². The first-order valence-electron chi connectivity index (χ1n) is 8.83. The van der Waals surface area contributed by atoms with Crippen molar-refractivity contribution in [3.63, 3.8) is 0 Å². The summed E-state index contributed by atoms with van der Waals surface area (Å²) in [6.45, 7) is 7.67. The minimum Gasteiger partial charge on any atom is -0.350 e. The van der Waals surface area contributed by atoms with Crippen molar-refractivity contribution in [3.8, 4) is 0 Å². The van der Waals surface area contributed by atoms with Crippen molar-refractivity contribution in [3.05, 3.63) is 48.0 Å². The number of hydrogen-bond donors (Lipinski definition) is 1. The van der Waals surface area contributed by atoms with E-state index < -0.39 is 0 Å². The first-order chi connectivity index (χ1) is 11.6. The zero-order valence-corrected chi connectivity index (χ0v) is 14.7. The molecule has 0 spiro atoms. The number of amides is 1. The van der Waals surface area contributed by atoms with Gasteiger partial charge in [-0.15, -0.1) is 0 Å². The summed E-state index contributed by atoms with van der Waals surface area (Å²) in [5, 5.41) is 5.28. The summed E-state index contributed by atoms with van der Waals surface area (Å²) in [6.07, 6.45) is 0.986. The predicted octanol–water partition coefficient (Wildman–Crippen LogP) is 2.60. The van der Waals surface area contributed by atoms with Gasteiger partial charge in [-0.3, -0.25) is 4.79 Å². The van der Waals surface area contributed by atoms with E-state index in [1.165, 1.54) is 0 Å². The van der Waals surface area contributed by atoms with Crippen LogP contribution < -0.4 is 5.32 Å². The molecule has 1 fully saturated rings. The largest absolute Gasteiger partial charge is 0.350 e. The van der Waals surface area contributed by atoms with E-state index in [-0.39, 0.29) is 11.9 Å². The third-order valence-corrected chi connectivity index (χ3v) is 4.89. The molecule has 0 bridgehead atoms. The van der Waals surface area contributed by atoms with Crippen LogP contribution in [0.25, 0.3) is 10.8 Å². The Labute approximate surface area is 144 Å². The molecule has 1 amide bonds. The maximum Gasteiger partial charge on any atom is 0.252 e. The van der Waals surface area contributed by atoms with Crippen LogP contribution in [-0.2, 0) is 0 Å². The standard InChI is InChI=1S/C20H27N3O/c1-16(10-11-23-14-12-22(2)13-15-23)21-20(24)19-9-5-7-17-6-3-4-8-18(17)19/h3-9,16H,10-15H2,1-2H3,(H,21,24)/t16-/m0/s1. The minimum atomic E-state index is 0.0256. The number of nitrogens with zero attached hydrogens (tertiary/aromatic N) is 2. The normalized spacial score (nSPS) is 17.8. The van der Waals surface area contributed by atoms with Crippen molar-refractivity contribution < 1.29 is 4.79 Å². The van der Waals surface area contributed by atoms with E-state index in [9.17, 15) is 4.79 Å². The highest BCUT2D eigenvalue weighted by atomic mass is 16.1. The second kappa shape index (κ2) is 7.77. The quantitative estimate of drug-likeness (QED) is 0.918. The van der Waals surface area contributed by atoms with Crippen LogP contribution in [0.4, 0.5) is 0 Å². The van der Waals surface area contributed by atoms with Crippen molar-refractivity contribution in [1.82, 2.24) is 15.1 Å². The van der Waals surface area contributed by atoms with E-state index in [0.717, 1.165) is 55.5 Å². The fraction of sp³-hybridized carbons (Fsp3) is 0.450. The summed E-state index contributed by atoms with van der Waals surface area (Å²) in [7, 11) is 2.17. The average Bonchev–Trinajstić information content (AvgIpc) is 2.60. The molecule has 1 aliphatic rings. The first-order valence-corrected chi connectivity index (χ1v) is 8.83. The third kappa shape index (κ3) is 4.13. The molecule has 0 unspecified atom stereocenters. The Morgan fingerprint density at radius 2 is 1.79 bits per heavy atom. The smallest absolute Gasteiger partial charge is 0.252 e. The minimum absolute atomic E-state index is 0.0256. The summed E-state index contributed by atoms with van der Waals surface area (Å²) in [4.78, 5) is 17.5. The first kappa shape index (κ1) is 16.9. The lowest BCUT2D eigenvalue weighted by Crippen LogP contribution is -2.46. The molecule has 1 aliphatic heterocycles. The number of fused-ring (bicyclic) bond motifs is 1. The fourth-order valence-corrected chi connectivity index (χ4v) is 3.24. The van der Waals surface area contributed by atoms with Gasteiger partial charge >= 0.3 is 0 Å². The van der Waals surface area contributed by atoms with Crippen LogP contribution in [0.15, 0.2) is 42.5 Å². The van der Waals surface area contributed by atoms with Gasteiger partial charge in [-0.05, 0) is 37.2 Å². The Bertz CT molecular complexity index is 687. The van der Waals surface area contributed by atoms with Gasteiger partial charge in [-0.2, -0.15) is 0 Å². The Hall–Kier alpha value is -1.91. The molecule has 24 heavy (non-hydrogen) atoms. The highest BCUT2D eigenvalue weighted by Gasteiger charge is 2.16. The molecule has 2 aromatic carbocycles. The van der Waals surface area contributed by atoms with Gasteiger partial charge in [0, 0.05) is 44.3 Å². The summed E-state index contributed by atoms with van der Waals surface area (Å²) in [5.74, 6) is 0.0256. The molecule has 1 heterocycles. The summed E-state index contributed by atoms with van der Waals surface area (Å²) in [6, 6.07) is 14.1. The molecule has 0 aromatic heterocycles. The lowest BCUT2D eigenvalue weighted by Gasteiger charge is -2.33. The van der Waals surface area contributed by atoms with Crippen LogP contribution in [0.1, 0.15) is 23.7 Å². The zero-order chi connectivity index (χ0) is 16.9. The van der Waals surface area contributed by atoms with Crippen LogP contribution in [0.2, 0.25) is 0 Å². The Morgan fingerprint density at radius 1 is 1.08 bits per heavy atom. The number of carbonyl (C=O) groups is 1. The van der Waals surface area contributed by atoms with E-state index in [2.05, 4.69) is 29.1 Å². The van der Waals surface area contributed by atoms with Crippen LogP contribution >= 0.6 is 0 Å². The van der Waals surface area contributed by atoms with Gasteiger partial charge in [0.1, 0.15) is 0 Å². The van der Waals surface area contributed by atoms with Gasteiger partial charge in [0.15, 0.2) is 0 Å². The van der Waals surface area contributed by atoms with Crippen molar-refractivity contribution in [2.75, 3.05) is 39.8 Å². The summed E-state index contributed by atoms with van der Waals surface area (Å²) >= 11 is 0. The highest BCUT2D eigenvalue weighted by molar-refractivity contribution is 6.07. The lowest BCUT2D eigenvalue weighted by atomic mass is 10.0. The number of carbonyl (C=O) groups excluding carboxylic acids is 1. The third-order valence-electron chi connectivity index (χ3n) is 4.89. The number of piperazine rings is 1. The average molecular weight is 325 g/mol. The van der Waals surface area contributed by atoms with Crippen molar-refractivity contribution in [2.24, 2.45) is 0 Å². The van der Waals surface area contributed by atoms with E-state index in [4.69, 9.17) is 0 Å². The molecule has 1 N–H and O–H groups in total. The lowest BCUT2D eigenvalue weighted by molar-refractivity contribution is 0.0933. The molecule has 4 heteroatoms. The molecule has 0 radical (unpaired) electrons. The van der Waals surface area contributed by atoms with E-state index in [1.807, 2.05) is 42.5 Å². The second-order valence-electron chi connectivity index (χ2n) is 6.83. The van der Waals surface area contributed by atoms with Gasteiger partial charge in [-0.25, -0.2) is 0 Å². The Morgan fingerprint density at radius 3 is 2.58 bits per heavy atom. The number of nitrogens with one attached hydrogen (secondary N) is 1. The van der Waals surface area contributed by atoms with E-state index >= 15 is 0 Å². The number of hydrogen-bond acceptors (Lipinski definition) is 3. The maximum atomic E-state index is 12.6. The molecule has 128 valence electrons. The second-order valence-corrected chi connectivity index (χ2v) is 6.83. The molecule has 4 nitrogen and oxygen atoms in total. The van der Waals surface area contributed by atoms with Crippen molar-refractivity contribution in [2.45, 2.75) is 19.4 Å². The van der Waals surface area contributed by atoms with Crippen LogP contribution in [0, 0.1) is 0 Å². The SMILES string of the molecule is C[C@@H](CCN1CCN(C)CC1)NC(=O)c1cccc2ccccc12. The van der Waals surface area contributed by atoms with E-state index in [1.54, 1.807) is 0 Å². The van der Waals surface area contributed by atoms with Crippen LogP contribution in [0.5, 0.6) is 0 Å². The van der Waals surface area contributed by atoms with Gasteiger partial charge in [0.05, 0.1) is 0 Å². The van der Waals surface area contributed by atoms with Crippen molar-refractivity contribution in [1.29, 1.82) is 0 Å². The topological polar surface area (TPSA) is 35.6 Å². The zero-order valence-electron chi connectivity index (χ0n) is 14.7. The number of rotatable bonds is 5. The number of likely N-dealkylation sites (N-methyl/N-ethyl adjacent to an activating group) is 1. The molecule has 0 saturated carbocycles. The Kier molecular flexibility index (Phi) is 5.48. The molecule has 1 saturated heterocycles. The molecule has 0 aliphatic carbocycles. The molecular weight excluding hydrogens is 298 g/mol. The van der Waals surface area contributed by atoms with Gasteiger partial charge in [-0.1, -0.05) is 36.4 Å². The predicted molar refractivity (Wildman–Crippen MR) is 99.4 cm³/mol.